The molecule has 0 radical (unpaired) electrons. The Balaban J connectivity index is 0.000000399. The molecule has 114 valence electrons. The summed E-state index contributed by atoms with van der Waals surface area (Å²) in [5, 5.41) is 16.3. The summed E-state index contributed by atoms with van der Waals surface area (Å²) in [5.41, 5.74) is 0.338. The topological polar surface area (TPSA) is 66.8 Å². The Bertz CT molecular complexity index is 278. The minimum Gasteiger partial charge on any atom is -0.481 e. The van der Waals surface area contributed by atoms with Crippen molar-refractivity contribution >= 4 is 14.3 Å². The van der Waals surface area contributed by atoms with Crippen molar-refractivity contribution < 1.29 is 19.4 Å². The molecule has 1 aliphatic heterocycles. The van der Waals surface area contributed by atoms with Crippen molar-refractivity contribution in [1.82, 2.24) is 0 Å². The molecule has 0 saturated carbocycles. The van der Waals surface area contributed by atoms with Crippen molar-refractivity contribution in [2.75, 3.05) is 0 Å². The lowest BCUT2D eigenvalue weighted by Gasteiger charge is -2.41. The molecule has 0 aromatic heterocycles. The van der Waals surface area contributed by atoms with Crippen LogP contribution < -0.4 is 0 Å². The molecule has 19 heavy (non-hydrogen) atoms. The van der Waals surface area contributed by atoms with E-state index < -0.39 is 20.4 Å². The van der Waals surface area contributed by atoms with Crippen molar-refractivity contribution in [2.24, 2.45) is 5.41 Å². The molecule has 0 spiro atoms. The Hall–Kier alpha value is -0.393. The molecule has 4 nitrogen and oxygen atoms in total. The van der Waals surface area contributed by atoms with Gasteiger partial charge in [0.2, 0.25) is 0 Å². The number of carboxylic acids is 1. The number of carboxylic acid groups (broad SMARTS) is 1. The van der Waals surface area contributed by atoms with Gasteiger partial charge >= 0.3 is 5.97 Å². The highest BCUT2D eigenvalue weighted by Gasteiger charge is 2.36. The number of hydrogen-bond acceptors (Lipinski definition) is 3. The van der Waals surface area contributed by atoms with Gasteiger partial charge in [0.05, 0.1) is 12.5 Å². The molecule has 0 aromatic rings. The summed E-state index contributed by atoms with van der Waals surface area (Å²) in [4.78, 5) is 9.65. The molecular formula is C14H30O4Si. The predicted octanol–water partition coefficient (Wildman–Crippen LogP) is 3.26. The summed E-state index contributed by atoms with van der Waals surface area (Å²) < 4.78 is 6.18. The van der Waals surface area contributed by atoms with E-state index in [2.05, 4.69) is 33.9 Å². The lowest BCUT2D eigenvalue weighted by molar-refractivity contribution is -0.138. The third-order valence-corrected chi connectivity index (χ3v) is 5.62. The van der Waals surface area contributed by atoms with Gasteiger partial charge in [0.1, 0.15) is 0 Å². The van der Waals surface area contributed by atoms with Gasteiger partial charge in [-0.1, -0.05) is 27.2 Å². The van der Waals surface area contributed by atoms with Crippen molar-refractivity contribution in [2.45, 2.75) is 78.3 Å². The maximum atomic E-state index is 9.65. The van der Waals surface area contributed by atoms with Crippen LogP contribution in [-0.4, -0.2) is 36.7 Å². The van der Waals surface area contributed by atoms with E-state index in [1.165, 1.54) is 25.8 Å². The van der Waals surface area contributed by atoms with Crippen molar-refractivity contribution in [3.8, 4) is 0 Å². The molecule has 0 amide bonds. The minimum atomic E-state index is -1.26. The van der Waals surface area contributed by atoms with E-state index in [-0.39, 0.29) is 6.42 Å². The molecule has 2 N–H and O–H groups in total. The third kappa shape index (κ3) is 9.19. The molecule has 1 heterocycles. The summed E-state index contributed by atoms with van der Waals surface area (Å²) in [6.45, 7) is 13.0. The van der Waals surface area contributed by atoms with Gasteiger partial charge in [0, 0.05) is 6.10 Å². The molecule has 1 rings (SSSR count). The molecule has 1 fully saturated rings. The molecule has 0 bridgehead atoms. The van der Waals surface area contributed by atoms with Gasteiger partial charge in [0.15, 0.2) is 8.32 Å². The molecule has 2 unspecified atom stereocenters. The van der Waals surface area contributed by atoms with Crippen molar-refractivity contribution in [3.05, 3.63) is 0 Å². The number of aliphatic carboxylic acids is 1. The predicted molar refractivity (Wildman–Crippen MR) is 79.8 cm³/mol. The molecule has 5 heteroatoms. The fraction of sp³-hybridized carbons (Fsp3) is 0.929. The summed E-state index contributed by atoms with van der Waals surface area (Å²) in [7, 11) is -1.26. The number of rotatable bonds is 2. The van der Waals surface area contributed by atoms with E-state index >= 15 is 0 Å². The quantitative estimate of drug-likeness (QED) is 0.766. The van der Waals surface area contributed by atoms with Gasteiger partial charge in [-0.05, 0) is 37.9 Å². The minimum absolute atomic E-state index is 0.167. The van der Waals surface area contributed by atoms with Crippen LogP contribution in [0.5, 0.6) is 0 Å². The average molecular weight is 290 g/mol. The smallest absolute Gasteiger partial charge is 0.305 e. The number of aliphatic hydroxyl groups excluding tert-OH is 1. The zero-order valence-corrected chi connectivity index (χ0v) is 14.2. The standard InChI is InChI=1S/C10H22OSi.C4H8O3/c1-10(2,3)9-7-6-8-12(4,5)11-9;1-3(5)2-4(6)7/h9H,6-8H2,1-5H3;3,5H,2H2,1H3,(H,6,7). The molecular weight excluding hydrogens is 260 g/mol. The Morgan fingerprint density at radius 1 is 1.42 bits per heavy atom. The van der Waals surface area contributed by atoms with E-state index in [0.29, 0.717) is 11.5 Å². The fourth-order valence-corrected chi connectivity index (χ4v) is 4.49. The van der Waals surface area contributed by atoms with Crippen LogP contribution in [0, 0.1) is 5.41 Å². The van der Waals surface area contributed by atoms with Crippen LogP contribution in [0.3, 0.4) is 0 Å². The molecule has 2 atom stereocenters. The van der Waals surface area contributed by atoms with Crippen LogP contribution in [0.2, 0.25) is 19.1 Å². The SMILES string of the molecule is CC(C)(C)C1CCC[Si](C)(C)O1.CC(O)CC(=O)O. The first-order valence-corrected chi connectivity index (χ1v) is 10.1. The Morgan fingerprint density at radius 2 is 1.95 bits per heavy atom. The zero-order chi connectivity index (χ0) is 15.3. The fourth-order valence-electron chi connectivity index (χ4n) is 2.08. The van der Waals surface area contributed by atoms with Gasteiger partial charge in [0.25, 0.3) is 0 Å². The van der Waals surface area contributed by atoms with Gasteiger partial charge in [-0.3, -0.25) is 4.79 Å². The summed E-state index contributed by atoms with van der Waals surface area (Å²) in [5.74, 6) is -0.963. The van der Waals surface area contributed by atoms with E-state index in [1.54, 1.807) is 0 Å². The van der Waals surface area contributed by atoms with Gasteiger partial charge in [-0.2, -0.15) is 0 Å². The van der Waals surface area contributed by atoms with Crippen LogP contribution in [0.4, 0.5) is 0 Å². The van der Waals surface area contributed by atoms with Gasteiger partial charge < -0.3 is 14.6 Å². The first-order chi connectivity index (χ1) is 8.44. The summed E-state index contributed by atoms with van der Waals surface area (Å²) in [6.07, 6.45) is 2.26. The number of carbonyl (C=O) groups is 1. The van der Waals surface area contributed by atoms with E-state index in [9.17, 15) is 4.79 Å². The highest BCUT2D eigenvalue weighted by atomic mass is 28.4. The van der Waals surface area contributed by atoms with Crippen LogP contribution in [0.1, 0.15) is 47.0 Å². The largest absolute Gasteiger partial charge is 0.481 e. The van der Waals surface area contributed by atoms with Gasteiger partial charge in [-0.15, -0.1) is 0 Å². The summed E-state index contributed by atoms with van der Waals surface area (Å²) >= 11 is 0. The monoisotopic (exact) mass is 290 g/mol. The highest BCUT2D eigenvalue weighted by molar-refractivity contribution is 6.71. The third-order valence-electron chi connectivity index (χ3n) is 3.14. The Labute approximate surface area is 118 Å². The Morgan fingerprint density at radius 3 is 2.16 bits per heavy atom. The second kappa shape index (κ2) is 7.41. The van der Waals surface area contributed by atoms with Crippen LogP contribution in [0.25, 0.3) is 0 Å². The molecule has 1 saturated heterocycles. The van der Waals surface area contributed by atoms with E-state index in [4.69, 9.17) is 14.6 Å². The van der Waals surface area contributed by atoms with E-state index in [0.717, 1.165) is 0 Å². The maximum absolute atomic E-state index is 9.65. The first-order valence-electron chi connectivity index (χ1n) is 7.02. The van der Waals surface area contributed by atoms with Gasteiger partial charge in [-0.25, -0.2) is 0 Å². The molecule has 0 aromatic carbocycles. The zero-order valence-electron chi connectivity index (χ0n) is 13.2. The summed E-state index contributed by atoms with van der Waals surface area (Å²) in [6, 6.07) is 1.35. The second-order valence-electron chi connectivity index (χ2n) is 7.07. The van der Waals surface area contributed by atoms with Crippen LogP contribution >= 0.6 is 0 Å². The lowest BCUT2D eigenvalue weighted by Crippen LogP contribution is -2.44. The van der Waals surface area contributed by atoms with Crippen molar-refractivity contribution in [1.29, 1.82) is 0 Å². The molecule has 0 aliphatic carbocycles. The molecule has 1 aliphatic rings. The number of aliphatic hydroxyl groups is 1. The average Bonchev–Trinajstić information content (AvgIpc) is 2.12. The Kier molecular flexibility index (Phi) is 7.25. The number of hydrogen-bond donors (Lipinski definition) is 2. The van der Waals surface area contributed by atoms with E-state index in [1.807, 2.05) is 0 Å². The highest BCUT2D eigenvalue weighted by Crippen LogP contribution is 2.35. The second-order valence-corrected chi connectivity index (χ2v) is 11.3. The lowest BCUT2D eigenvalue weighted by atomic mass is 9.87. The maximum Gasteiger partial charge on any atom is 0.305 e. The normalized spacial score (nSPS) is 24.1. The van der Waals surface area contributed by atoms with Crippen LogP contribution in [0.15, 0.2) is 0 Å². The first kappa shape index (κ1) is 18.6. The van der Waals surface area contributed by atoms with Crippen molar-refractivity contribution in [3.63, 3.8) is 0 Å². The van der Waals surface area contributed by atoms with Crippen LogP contribution in [-0.2, 0) is 9.22 Å².